The lowest BCUT2D eigenvalue weighted by atomic mass is 10.0. The highest BCUT2D eigenvalue weighted by atomic mass is 35.5. The van der Waals surface area contributed by atoms with E-state index >= 15 is 0 Å². The predicted molar refractivity (Wildman–Crippen MR) is 120 cm³/mol. The van der Waals surface area contributed by atoms with E-state index in [1.54, 1.807) is 0 Å². The summed E-state index contributed by atoms with van der Waals surface area (Å²) in [6.45, 7) is 1.42. The number of fused-ring (bicyclic) bond motifs is 1. The molecule has 0 fully saturated rings. The summed E-state index contributed by atoms with van der Waals surface area (Å²) < 4.78 is 46.5. The van der Waals surface area contributed by atoms with E-state index < -0.39 is 35.1 Å². The van der Waals surface area contributed by atoms with Crippen LogP contribution in [0.3, 0.4) is 0 Å². The van der Waals surface area contributed by atoms with Gasteiger partial charge in [-0.3, -0.25) is 4.79 Å². The van der Waals surface area contributed by atoms with E-state index in [1.165, 1.54) is 48.7 Å². The number of benzene rings is 2. The maximum Gasteiger partial charge on any atom is 0.416 e. The maximum atomic E-state index is 13.4. The molecule has 176 valence electrons. The molecule has 2 heterocycles. The van der Waals surface area contributed by atoms with Crippen molar-refractivity contribution in [2.45, 2.75) is 19.2 Å². The van der Waals surface area contributed by atoms with Gasteiger partial charge in [0.2, 0.25) is 0 Å². The molecule has 0 radical (unpaired) electrons. The van der Waals surface area contributed by atoms with Gasteiger partial charge in [-0.25, -0.2) is 14.2 Å². The van der Waals surface area contributed by atoms with Crippen LogP contribution < -0.4 is 16.0 Å². The average molecular weight is 511 g/mol. The van der Waals surface area contributed by atoms with Gasteiger partial charge in [0, 0.05) is 17.0 Å². The zero-order valence-corrected chi connectivity index (χ0v) is 18.7. The number of H-pyrrole nitrogens is 1. The number of carbonyl (C=O) groups is 1. The van der Waals surface area contributed by atoms with Crippen LogP contribution in [0.1, 0.15) is 33.8 Å². The first-order chi connectivity index (χ1) is 16.0. The largest absolute Gasteiger partial charge is 0.486 e. The summed E-state index contributed by atoms with van der Waals surface area (Å²) in [5, 5.41) is 10.5. The zero-order valence-electron chi connectivity index (χ0n) is 17.1. The summed E-state index contributed by atoms with van der Waals surface area (Å²) in [6, 6.07) is 8.87. The Balaban J connectivity index is 1.80. The molecule has 7 nitrogen and oxygen atoms in total. The molecule has 0 saturated carbocycles. The molecule has 1 atom stereocenters. The third-order valence-corrected chi connectivity index (χ3v) is 6.31. The number of nitrogens with zero attached hydrogens (tertiary/aromatic N) is 1. The Morgan fingerprint density at radius 3 is 2.59 bits per heavy atom. The molecule has 12 heteroatoms. The molecule has 34 heavy (non-hydrogen) atoms. The second-order valence-electron chi connectivity index (χ2n) is 7.19. The average Bonchev–Trinajstić information content (AvgIpc) is 3.19. The first-order valence-corrected chi connectivity index (χ1v) is 10.9. The molecule has 2 aromatic heterocycles. The number of aromatic amines is 1. The Morgan fingerprint density at radius 1 is 1.21 bits per heavy atom. The van der Waals surface area contributed by atoms with E-state index in [9.17, 15) is 32.7 Å². The summed E-state index contributed by atoms with van der Waals surface area (Å²) in [5.74, 6) is -1.30. The first-order valence-electron chi connectivity index (χ1n) is 9.61. The fourth-order valence-corrected chi connectivity index (χ4v) is 4.56. The van der Waals surface area contributed by atoms with Crippen molar-refractivity contribution in [3.05, 3.63) is 89.7 Å². The molecular weight excluding hydrogens is 497 g/mol. The molecule has 4 rings (SSSR count). The van der Waals surface area contributed by atoms with Crippen molar-refractivity contribution >= 4 is 39.8 Å². The summed E-state index contributed by atoms with van der Waals surface area (Å²) in [7, 11) is 0. The van der Waals surface area contributed by atoms with Crippen molar-refractivity contribution in [1.29, 1.82) is 0 Å². The van der Waals surface area contributed by atoms with Crippen LogP contribution in [0, 0.1) is 0 Å². The summed E-state index contributed by atoms with van der Waals surface area (Å²) in [4.78, 5) is 39.4. The molecule has 0 amide bonds. The highest BCUT2D eigenvalue weighted by Gasteiger charge is 2.34. The molecule has 0 spiro atoms. The van der Waals surface area contributed by atoms with Crippen LogP contribution in [-0.4, -0.2) is 20.6 Å². The van der Waals surface area contributed by atoms with E-state index in [0.717, 1.165) is 17.4 Å². The smallest absolute Gasteiger partial charge is 0.416 e. The van der Waals surface area contributed by atoms with Crippen molar-refractivity contribution in [2.24, 2.45) is 0 Å². The molecule has 2 aromatic carbocycles. The fourth-order valence-electron chi connectivity index (χ4n) is 3.53. The van der Waals surface area contributed by atoms with Crippen LogP contribution in [0.25, 0.3) is 16.6 Å². The van der Waals surface area contributed by atoms with E-state index in [1.807, 2.05) is 0 Å². The number of nitrogens with one attached hydrogen (secondary N) is 1. The molecule has 0 aliphatic carbocycles. The Hall–Kier alpha value is -3.57. The Labute approximate surface area is 197 Å². The monoisotopic (exact) mass is 510 g/mol. The van der Waals surface area contributed by atoms with E-state index in [4.69, 9.17) is 16.3 Å². The van der Waals surface area contributed by atoms with Gasteiger partial charge in [0.05, 0.1) is 27.2 Å². The van der Waals surface area contributed by atoms with Gasteiger partial charge < -0.3 is 14.8 Å². The summed E-state index contributed by atoms with van der Waals surface area (Å²) in [5.41, 5.74) is -2.80. The van der Waals surface area contributed by atoms with Crippen LogP contribution >= 0.6 is 22.9 Å². The van der Waals surface area contributed by atoms with Gasteiger partial charge >= 0.3 is 17.8 Å². The second-order valence-corrected chi connectivity index (χ2v) is 8.47. The van der Waals surface area contributed by atoms with Gasteiger partial charge in [-0.2, -0.15) is 13.2 Å². The van der Waals surface area contributed by atoms with Gasteiger partial charge in [0.25, 0.3) is 5.56 Å². The Bertz CT molecular complexity index is 1540. The van der Waals surface area contributed by atoms with Crippen molar-refractivity contribution < 1.29 is 27.8 Å². The van der Waals surface area contributed by atoms with E-state index in [2.05, 4.69) is 4.98 Å². The highest BCUT2D eigenvalue weighted by molar-refractivity contribution is 7.13. The van der Waals surface area contributed by atoms with Crippen LogP contribution in [0.5, 0.6) is 5.75 Å². The highest BCUT2D eigenvalue weighted by Crippen LogP contribution is 2.36. The molecule has 2 N–H and O–H groups in total. The third-order valence-electron chi connectivity index (χ3n) is 5.02. The van der Waals surface area contributed by atoms with Gasteiger partial charge in [0.15, 0.2) is 0 Å². The quantitative estimate of drug-likeness (QED) is 0.382. The number of hydrogen-bond donors (Lipinski definition) is 2. The minimum Gasteiger partial charge on any atom is -0.486 e. The van der Waals surface area contributed by atoms with Crippen LogP contribution in [0.15, 0.2) is 57.4 Å². The summed E-state index contributed by atoms with van der Waals surface area (Å²) in [6.07, 6.45) is -5.63. The van der Waals surface area contributed by atoms with Crippen LogP contribution in [0.2, 0.25) is 5.02 Å². The van der Waals surface area contributed by atoms with Gasteiger partial charge in [-0.1, -0.05) is 29.8 Å². The number of aromatic nitrogens is 2. The number of carboxylic acids is 1. The van der Waals surface area contributed by atoms with Crippen molar-refractivity contribution in [2.75, 3.05) is 0 Å². The normalized spacial score (nSPS) is 12.6. The Kier molecular flexibility index (Phi) is 6.00. The van der Waals surface area contributed by atoms with Crippen molar-refractivity contribution in [3.63, 3.8) is 0 Å². The minimum absolute atomic E-state index is 0.0326. The number of ether oxygens (including phenoxy) is 1. The number of thiophene rings is 1. The molecule has 0 saturated heterocycles. The lowest BCUT2D eigenvalue weighted by molar-refractivity contribution is -0.138. The van der Waals surface area contributed by atoms with Crippen molar-refractivity contribution in [3.8, 4) is 11.4 Å². The van der Waals surface area contributed by atoms with Gasteiger partial charge in [-0.15, -0.1) is 11.3 Å². The molecule has 4 aromatic rings. The lowest BCUT2D eigenvalue weighted by Gasteiger charge is -2.20. The van der Waals surface area contributed by atoms with Crippen LogP contribution in [0.4, 0.5) is 13.2 Å². The standard InChI is InChI=1S/C22H14ClF3N2O5S/c1-10(12-4-2-3-5-13(12)22(24,25)26)33-11-6-7-14(23)16(8-11)28-19(29)17-15(27-21(28)32)9-34-18(17)20(30)31/h2-10H,1H3,(H,27,32)(H,30,31). The molecule has 0 bridgehead atoms. The topological polar surface area (TPSA) is 101 Å². The lowest BCUT2D eigenvalue weighted by Crippen LogP contribution is -2.34. The predicted octanol–water partition coefficient (Wildman–Crippen LogP) is 5.25. The number of aromatic carboxylic acids is 1. The number of alkyl halides is 3. The number of carboxylic acid groups (broad SMARTS) is 1. The SMILES string of the molecule is CC(Oc1ccc(Cl)c(-n2c(=O)[nH]c3csc(C(=O)O)c3c2=O)c1)c1ccccc1C(F)(F)F. The zero-order chi connectivity index (χ0) is 24.8. The third kappa shape index (κ3) is 4.19. The molecular formula is C22H14ClF3N2O5S. The molecule has 0 aliphatic rings. The number of halogens is 4. The second kappa shape index (κ2) is 8.65. The fraction of sp³-hybridized carbons (Fsp3) is 0.136. The van der Waals surface area contributed by atoms with Crippen molar-refractivity contribution in [1.82, 2.24) is 9.55 Å². The summed E-state index contributed by atoms with van der Waals surface area (Å²) >= 11 is 6.99. The van der Waals surface area contributed by atoms with Gasteiger partial charge in [0.1, 0.15) is 16.7 Å². The maximum absolute atomic E-state index is 13.4. The molecule has 1 unspecified atom stereocenters. The minimum atomic E-state index is -4.59. The Morgan fingerprint density at radius 2 is 1.91 bits per heavy atom. The number of hydrogen-bond acceptors (Lipinski definition) is 5. The molecule has 0 aliphatic heterocycles. The van der Waals surface area contributed by atoms with Crippen LogP contribution in [-0.2, 0) is 6.18 Å². The van der Waals surface area contributed by atoms with Gasteiger partial charge in [-0.05, 0) is 25.1 Å². The van der Waals surface area contributed by atoms with E-state index in [0.29, 0.717) is 4.57 Å². The number of rotatable bonds is 5. The first kappa shape index (κ1) is 23.6. The van der Waals surface area contributed by atoms with E-state index in [-0.39, 0.29) is 37.8 Å².